The average molecular weight is 200 g/mol. The minimum absolute atomic E-state index is 0.343. The summed E-state index contributed by atoms with van der Waals surface area (Å²) in [4.78, 5) is 0. The Morgan fingerprint density at radius 1 is 1.00 bits per heavy atom. The number of nitrogens with two attached hydrogens (primary N) is 1. The Bertz CT molecular complexity index is 145. The van der Waals surface area contributed by atoms with Gasteiger partial charge in [-0.15, -0.1) is 0 Å². The van der Waals surface area contributed by atoms with Crippen molar-refractivity contribution in [2.75, 3.05) is 19.6 Å². The molecule has 0 aliphatic heterocycles. The molecule has 3 N–H and O–H groups in total. The highest BCUT2D eigenvalue weighted by Gasteiger charge is 2.31. The van der Waals surface area contributed by atoms with Crippen LogP contribution in [-0.4, -0.2) is 19.6 Å². The van der Waals surface area contributed by atoms with E-state index in [4.69, 9.17) is 5.73 Å². The minimum atomic E-state index is 0.343. The zero-order valence-electron chi connectivity index (χ0n) is 10.6. The van der Waals surface area contributed by atoms with Gasteiger partial charge in [0.2, 0.25) is 0 Å². The lowest BCUT2D eigenvalue weighted by molar-refractivity contribution is 0.129. The summed E-state index contributed by atoms with van der Waals surface area (Å²) in [7, 11) is 0. The van der Waals surface area contributed by atoms with E-state index in [9.17, 15) is 0 Å². The topological polar surface area (TPSA) is 38.0 Å². The lowest BCUT2D eigenvalue weighted by Crippen LogP contribution is -2.39. The van der Waals surface area contributed by atoms with Crippen LogP contribution in [0, 0.1) is 10.8 Å². The van der Waals surface area contributed by atoms with Gasteiger partial charge >= 0.3 is 0 Å². The van der Waals surface area contributed by atoms with Gasteiger partial charge in [-0.1, -0.05) is 34.6 Å². The van der Waals surface area contributed by atoms with Crippen molar-refractivity contribution in [1.82, 2.24) is 5.32 Å². The fourth-order valence-electron chi connectivity index (χ4n) is 1.06. The predicted octanol–water partition coefficient (Wildman–Crippen LogP) is 2.39. The molecule has 0 bridgehead atoms. The van der Waals surface area contributed by atoms with Crippen LogP contribution >= 0.6 is 0 Å². The molecule has 0 spiro atoms. The van der Waals surface area contributed by atoms with E-state index in [2.05, 4.69) is 39.9 Å². The first-order chi connectivity index (χ1) is 6.31. The second-order valence-corrected chi connectivity index (χ2v) is 5.81. The summed E-state index contributed by atoms with van der Waals surface area (Å²) in [6, 6.07) is 0. The van der Waals surface area contributed by atoms with E-state index in [0.717, 1.165) is 26.1 Å². The number of unbranched alkanes of at least 4 members (excludes halogenated alkanes) is 1. The Balaban J connectivity index is 3.67. The lowest BCUT2D eigenvalue weighted by Gasteiger charge is -2.39. The van der Waals surface area contributed by atoms with Crippen LogP contribution < -0.4 is 11.1 Å². The summed E-state index contributed by atoms with van der Waals surface area (Å²) in [5.74, 6) is 0. The average Bonchev–Trinajstić information content (AvgIpc) is 2.02. The Morgan fingerprint density at radius 2 is 1.57 bits per heavy atom. The minimum Gasteiger partial charge on any atom is -0.330 e. The molecule has 0 atom stereocenters. The number of hydrogen-bond donors (Lipinski definition) is 2. The Kier molecular flexibility index (Phi) is 5.68. The highest BCUT2D eigenvalue weighted by atomic mass is 14.9. The fourth-order valence-corrected chi connectivity index (χ4v) is 1.06. The summed E-state index contributed by atoms with van der Waals surface area (Å²) in [5, 5.41) is 3.51. The maximum absolute atomic E-state index is 5.44. The predicted molar refractivity (Wildman–Crippen MR) is 64.4 cm³/mol. The molecule has 0 fully saturated rings. The van der Waals surface area contributed by atoms with Crippen LogP contribution in [0.15, 0.2) is 0 Å². The first-order valence-electron chi connectivity index (χ1n) is 5.72. The van der Waals surface area contributed by atoms with E-state index >= 15 is 0 Å². The first-order valence-corrected chi connectivity index (χ1v) is 5.72. The molecule has 0 saturated heterocycles. The van der Waals surface area contributed by atoms with Crippen LogP contribution in [0.25, 0.3) is 0 Å². The van der Waals surface area contributed by atoms with Gasteiger partial charge in [0, 0.05) is 6.54 Å². The summed E-state index contributed by atoms with van der Waals surface area (Å²) in [6.45, 7) is 14.5. The third-order valence-corrected chi connectivity index (χ3v) is 3.40. The summed E-state index contributed by atoms with van der Waals surface area (Å²) in [5.41, 5.74) is 6.14. The van der Waals surface area contributed by atoms with Crippen molar-refractivity contribution >= 4 is 0 Å². The van der Waals surface area contributed by atoms with E-state index in [1.807, 2.05) is 0 Å². The number of nitrogens with one attached hydrogen (secondary N) is 1. The van der Waals surface area contributed by atoms with Gasteiger partial charge in [0.1, 0.15) is 0 Å². The first kappa shape index (κ1) is 13.9. The van der Waals surface area contributed by atoms with Crippen molar-refractivity contribution in [2.24, 2.45) is 16.6 Å². The second kappa shape index (κ2) is 5.72. The van der Waals surface area contributed by atoms with Crippen molar-refractivity contribution in [3.8, 4) is 0 Å². The summed E-state index contributed by atoms with van der Waals surface area (Å²) in [6.07, 6.45) is 2.32. The SMILES string of the molecule is CC(C)(C)C(C)(C)CNCCCCN. The normalized spacial score (nSPS) is 13.3. The van der Waals surface area contributed by atoms with Crippen LogP contribution in [0.3, 0.4) is 0 Å². The summed E-state index contributed by atoms with van der Waals surface area (Å²) < 4.78 is 0. The van der Waals surface area contributed by atoms with Gasteiger partial charge in [-0.25, -0.2) is 0 Å². The van der Waals surface area contributed by atoms with Crippen LogP contribution in [0.4, 0.5) is 0 Å². The molecule has 0 aromatic rings. The monoisotopic (exact) mass is 200 g/mol. The van der Waals surface area contributed by atoms with Gasteiger partial charge < -0.3 is 11.1 Å². The zero-order chi connectivity index (χ0) is 11.2. The van der Waals surface area contributed by atoms with Crippen LogP contribution in [0.2, 0.25) is 0 Å². The van der Waals surface area contributed by atoms with Crippen molar-refractivity contribution in [2.45, 2.75) is 47.5 Å². The maximum Gasteiger partial charge on any atom is 0.000752 e. The highest BCUT2D eigenvalue weighted by molar-refractivity contribution is 4.84. The van der Waals surface area contributed by atoms with E-state index in [1.54, 1.807) is 0 Å². The smallest absolute Gasteiger partial charge is 0.000752 e. The van der Waals surface area contributed by atoms with E-state index in [-0.39, 0.29) is 0 Å². The number of rotatable bonds is 6. The van der Waals surface area contributed by atoms with Gasteiger partial charge in [-0.2, -0.15) is 0 Å². The van der Waals surface area contributed by atoms with Gasteiger partial charge in [-0.05, 0) is 36.8 Å². The molecule has 86 valence electrons. The van der Waals surface area contributed by atoms with E-state index < -0.39 is 0 Å². The maximum atomic E-state index is 5.44. The molecular formula is C12H28N2. The van der Waals surface area contributed by atoms with Crippen molar-refractivity contribution in [3.63, 3.8) is 0 Å². The highest BCUT2D eigenvalue weighted by Crippen LogP contribution is 2.36. The molecule has 0 aromatic carbocycles. The van der Waals surface area contributed by atoms with Crippen LogP contribution in [-0.2, 0) is 0 Å². The molecule has 0 saturated carbocycles. The third kappa shape index (κ3) is 4.97. The van der Waals surface area contributed by atoms with Gasteiger partial charge in [-0.3, -0.25) is 0 Å². The molecule has 0 aromatic heterocycles. The standard InChI is InChI=1S/C12H28N2/c1-11(2,3)12(4,5)10-14-9-7-6-8-13/h14H,6-10,13H2,1-5H3. The van der Waals surface area contributed by atoms with E-state index in [1.165, 1.54) is 6.42 Å². The van der Waals surface area contributed by atoms with Gasteiger partial charge in [0.25, 0.3) is 0 Å². The molecule has 0 unspecified atom stereocenters. The molecule has 0 radical (unpaired) electrons. The fraction of sp³-hybridized carbons (Fsp3) is 1.00. The Hall–Kier alpha value is -0.0800. The molecule has 0 amide bonds. The van der Waals surface area contributed by atoms with Crippen LogP contribution in [0.5, 0.6) is 0 Å². The van der Waals surface area contributed by atoms with Crippen molar-refractivity contribution in [3.05, 3.63) is 0 Å². The number of hydrogen-bond acceptors (Lipinski definition) is 2. The second-order valence-electron chi connectivity index (χ2n) is 5.81. The molecule has 2 heteroatoms. The van der Waals surface area contributed by atoms with Crippen molar-refractivity contribution < 1.29 is 0 Å². The molecule has 0 aliphatic rings. The van der Waals surface area contributed by atoms with Crippen molar-refractivity contribution in [1.29, 1.82) is 0 Å². The summed E-state index contributed by atoms with van der Waals surface area (Å²) >= 11 is 0. The zero-order valence-corrected chi connectivity index (χ0v) is 10.6. The lowest BCUT2D eigenvalue weighted by atomic mass is 9.69. The Labute approximate surface area is 89.6 Å². The van der Waals surface area contributed by atoms with Gasteiger partial charge in [0.15, 0.2) is 0 Å². The quantitative estimate of drug-likeness (QED) is 0.646. The molecule has 0 aliphatic carbocycles. The molecule has 14 heavy (non-hydrogen) atoms. The molecule has 0 rings (SSSR count). The van der Waals surface area contributed by atoms with Crippen LogP contribution in [0.1, 0.15) is 47.5 Å². The largest absolute Gasteiger partial charge is 0.330 e. The van der Waals surface area contributed by atoms with E-state index in [0.29, 0.717) is 10.8 Å². The third-order valence-electron chi connectivity index (χ3n) is 3.40. The molecule has 2 nitrogen and oxygen atoms in total. The Morgan fingerprint density at radius 3 is 2.00 bits per heavy atom. The molecule has 0 heterocycles. The molecular weight excluding hydrogens is 172 g/mol. The van der Waals surface area contributed by atoms with Gasteiger partial charge in [0.05, 0.1) is 0 Å².